The van der Waals surface area contributed by atoms with E-state index >= 15 is 0 Å². The summed E-state index contributed by atoms with van der Waals surface area (Å²) in [7, 11) is 1.70. The number of rotatable bonds is 7. The number of ether oxygens (including phenoxy) is 1. The fourth-order valence-corrected chi connectivity index (χ4v) is 2.53. The Bertz CT molecular complexity index is 457. The topological polar surface area (TPSA) is 34.4 Å². The molecule has 18 heavy (non-hydrogen) atoms. The molecule has 1 heterocycles. The van der Waals surface area contributed by atoms with Crippen LogP contribution in [0.1, 0.15) is 5.56 Å². The zero-order valence-electron chi connectivity index (χ0n) is 10.4. The second kappa shape index (κ2) is 7.13. The van der Waals surface area contributed by atoms with Gasteiger partial charge in [-0.2, -0.15) is 0 Å². The summed E-state index contributed by atoms with van der Waals surface area (Å²) in [4.78, 5) is 1.19. The number of hydrogen-bond acceptors (Lipinski definition) is 4. The van der Waals surface area contributed by atoms with Gasteiger partial charge in [0.1, 0.15) is 5.75 Å². The third-order valence-corrected chi connectivity index (χ3v) is 3.57. The molecule has 2 rings (SSSR count). The van der Waals surface area contributed by atoms with Crippen LogP contribution >= 0.6 is 11.8 Å². The van der Waals surface area contributed by atoms with Gasteiger partial charge in [-0.25, -0.2) is 0 Å². The van der Waals surface area contributed by atoms with Gasteiger partial charge in [-0.05, 0) is 18.2 Å². The van der Waals surface area contributed by atoms with Crippen molar-refractivity contribution in [3.63, 3.8) is 0 Å². The zero-order chi connectivity index (χ0) is 12.6. The van der Waals surface area contributed by atoms with Gasteiger partial charge < -0.3 is 14.5 Å². The normalized spacial score (nSPS) is 10.5. The van der Waals surface area contributed by atoms with Gasteiger partial charge in [0, 0.05) is 29.3 Å². The minimum absolute atomic E-state index is 0.850. The molecule has 0 aliphatic heterocycles. The Morgan fingerprint density at radius 2 is 2.17 bits per heavy atom. The van der Waals surface area contributed by atoms with Crippen LogP contribution in [-0.2, 0) is 6.54 Å². The first-order valence-corrected chi connectivity index (χ1v) is 6.86. The molecule has 0 fully saturated rings. The van der Waals surface area contributed by atoms with Crippen LogP contribution in [0.15, 0.2) is 52.2 Å². The number of nitrogens with one attached hydrogen (secondary N) is 1. The molecule has 4 heteroatoms. The number of thioether (sulfide) groups is 1. The lowest BCUT2D eigenvalue weighted by molar-refractivity contribution is 0.405. The zero-order valence-corrected chi connectivity index (χ0v) is 11.2. The van der Waals surface area contributed by atoms with Gasteiger partial charge >= 0.3 is 0 Å². The lowest BCUT2D eigenvalue weighted by atomic mass is 10.3. The van der Waals surface area contributed by atoms with Crippen molar-refractivity contribution in [1.29, 1.82) is 0 Å². The number of methoxy groups -OCH3 is 1. The second-order valence-electron chi connectivity index (χ2n) is 3.81. The first-order chi connectivity index (χ1) is 8.90. The molecule has 0 amide bonds. The fourth-order valence-electron chi connectivity index (χ4n) is 1.60. The maximum Gasteiger partial charge on any atom is 0.132 e. The fraction of sp³-hybridized carbons (Fsp3) is 0.286. The average molecular weight is 263 g/mol. The summed E-state index contributed by atoms with van der Waals surface area (Å²) in [6.07, 6.45) is 3.46. The van der Waals surface area contributed by atoms with E-state index in [1.165, 1.54) is 10.5 Å². The van der Waals surface area contributed by atoms with E-state index in [0.29, 0.717) is 0 Å². The van der Waals surface area contributed by atoms with Crippen LogP contribution in [0.5, 0.6) is 5.75 Å². The smallest absolute Gasteiger partial charge is 0.132 e. The molecule has 0 saturated carbocycles. The third kappa shape index (κ3) is 3.82. The van der Waals surface area contributed by atoms with Crippen LogP contribution in [0.3, 0.4) is 0 Å². The average Bonchev–Trinajstić information content (AvgIpc) is 2.92. The summed E-state index contributed by atoms with van der Waals surface area (Å²) in [5.74, 6) is 1.95. The molecule has 1 aromatic carbocycles. The van der Waals surface area contributed by atoms with E-state index in [2.05, 4.69) is 11.4 Å². The van der Waals surface area contributed by atoms with E-state index in [-0.39, 0.29) is 0 Å². The predicted molar refractivity (Wildman–Crippen MR) is 74.1 cm³/mol. The highest BCUT2D eigenvalue weighted by Crippen LogP contribution is 2.28. The van der Waals surface area contributed by atoms with Crippen molar-refractivity contribution >= 4 is 11.8 Å². The van der Waals surface area contributed by atoms with Gasteiger partial charge in [0.05, 0.1) is 19.6 Å². The van der Waals surface area contributed by atoms with E-state index in [0.717, 1.165) is 24.6 Å². The molecular weight excluding hydrogens is 246 g/mol. The number of furan rings is 1. The summed E-state index contributed by atoms with van der Waals surface area (Å²) in [6.45, 7) is 1.80. The molecule has 0 saturated heterocycles. The number of hydrogen-bond donors (Lipinski definition) is 1. The van der Waals surface area contributed by atoms with Gasteiger partial charge in [0.2, 0.25) is 0 Å². The molecule has 0 atom stereocenters. The predicted octanol–water partition coefficient (Wildman–Crippen LogP) is 3.17. The lowest BCUT2D eigenvalue weighted by Crippen LogP contribution is -2.16. The van der Waals surface area contributed by atoms with Crippen LogP contribution in [0.2, 0.25) is 0 Å². The Kier molecular flexibility index (Phi) is 5.17. The van der Waals surface area contributed by atoms with Gasteiger partial charge in [-0.3, -0.25) is 0 Å². The van der Waals surface area contributed by atoms with Gasteiger partial charge in [0.25, 0.3) is 0 Å². The third-order valence-electron chi connectivity index (χ3n) is 2.51. The molecule has 1 aromatic heterocycles. The van der Waals surface area contributed by atoms with Crippen molar-refractivity contribution in [1.82, 2.24) is 5.32 Å². The lowest BCUT2D eigenvalue weighted by Gasteiger charge is -2.07. The van der Waals surface area contributed by atoms with Gasteiger partial charge in [-0.15, -0.1) is 11.8 Å². The molecule has 0 aliphatic rings. The summed E-state index contributed by atoms with van der Waals surface area (Å²) in [5, 5.41) is 3.37. The van der Waals surface area contributed by atoms with Crippen molar-refractivity contribution in [2.24, 2.45) is 0 Å². The Morgan fingerprint density at radius 3 is 2.94 bits per heavy atom. The largest absolute Gasteiger partial charge is 0.496 e. The highest BCUT2D eigenvalue weighted by atomic mass is 32.2. The quantitative estimate of drug-likeness (QED) is 0.614. The van der Waals surface area contributed by atoms with E-state index in [1.807, 2.05) is 24.3 Å². The molecule has 3 nitrogen and oxygen atoms in total. The Morgan fingerprint density at radius 1 is 1.28 bits per heavy atom. The number of benzene rings is 1. The van der Waals surface area contributed by atoms with E-state index < -0.39 is 0 Å². The molecule has 0 unspecified atom stereocenters. The molecule has 96 valence electrons. The van der Waals surface area contributed by atoms with Crippen LogP contribution in [0.4, 0.5) is 0 Å². The van der Waals surface area contributed by atoms with Crippen molar-refractivity contribution in [2.45, 2.75) is 11.4 Å². The van der Waals surface area contributed by atoms with Crippen LogP contribution in [-0.4, -0.2) is 19.4 Å². The first kappa shape index (κ1) is 13.1. The second-order valence-corrected chi connectivity index (χ2v) is 4.94. The summed E-state index contributed by atoms with van der Waals surface area (Å²) in [5.41, 5.74) is 1.18. The minimum Gasteiger partial charge on any atom is -0.496 e. The Balaban J connectivity index is 1.69. The molecule has 1 N–H and O–H groups in total. The van der Waals surface area contributed by atoms with E-state index in [1.54, 1.807) is 31.4 Å². The molecule has 0 bridgehead atoms. The van der Waals surface area contributed by atoms with E-state index in [4.69, 9.17) is 9.15 Å². The maximum absolute atomic E-state index is 5.31. The monoisotopic (exact) mass is 263 g/mol. The van der Waals surface area contributed by atoms with Crippen molar-refractivity contribution in [3.8, 4) is 5.75 Å². The van der Waals surface area contributed by atoms with Crippen LogP contribution < -0.4 is 10.1 Å². The van der Waals surface area contributed by atoms with Crippen molar-refractivity contribution < 1.29 is 9.15 Å². The minimum atomic E-state index is 0.850. The molecular formula is C14H17NO2S. The summed E-state index contributed by atoms with van der Waals surface area (Å²) < 4.78 is 10.3. The number of para-hydroxylation sites is 1. The molecule has 2 aromatic rings. The standard InChI is InChI=1S/C14H17NO2S/c1-16-13-4-2-3-5-14(13)18-9-7-15-10-12-6-8-17-11-12/h2-6,8,11,15H,7,9-10H2,1H3. The molecule has 0 aliphatic carbocycles. The summed E-state index contributed by atoms with van der Waals surface area (Å²) in [6, 6.07) is 10.1. The van der Waals surface area contributed by atoms with Crippen LogP contribution in [0, 0.1) is 0 Å². The van der Waals surface area contributed by atoms with Crippen LogP contribution in [0.25, 0.3) is 0 Å². The maximum atomic E-state index is 5.31. The summed E-state index contributed by atoms with van der Waals surface area (Å²) >= 11 is 1.80. The van der Waals surface area contributed by atoms with Crippen molar-refractivity contribution in [3.05, 3.63) is 48.4 Å². The van der Waals surface area contributed by atoms with Gasteiger partial charge in [0.15, 0.2) is 0 Å². The van der Waals surface area contributed by atoms with Crippen molar-refractivity contribution in [2.75, 3.05) is 19.4 Å². The van der Waals surface area contributed by atoms with E-state index in [9.17, 15) is 0 Å². The highest BCUT2D eigenvalue weighted by molar-refractivity contribution is 7.99. The highest BCUT2D eigenvalue weighted by Gasteiger charge is 2.01. The Hall–Kier alpha value is -1.39. The molecule has 0 radical (unpaired) electrons. The Labute approximate surface area is 112 Å². The first-order valence-electron chi connectivity index (χ1n) is 5.88. The van der Waals surface area contributed by atoms with Gasteiger partial charge in [-0.1, -0.05) is 12.1 Å². The SMILES string of the molecule is COc1ccccc1SCCNCc1ccoc1. The molecule has 0 spiro atoms.